The first kappa shape index (κ1) is 24.4. The maximum atomic E-state index is 12.8. The fourth-order valence-electron chi connectivity index (χ4n) is 4.50. The molecule has 0 radical (unpaired) electrons. The van der Waals surface area contributed by atoms with Gasteiger partial charge in [-0.1, -0.05) is 13.5 Å². The van der Waals surface area contributed by atoms with Gasteiger partial charge in [0.25, 0.3) is 5.91 Å². The van der Waals surface area contributed by atoms with Gasteiger partial charge in [0.15, 0.2) is 5.65 Å². The van der Waals surface area contributed by atoms with Crippen molar-refractivity contribution in [1.29, 1.82) is 5.26 Å². The van der Waals surface area contributed by atoms with Crippen molar-refractivity contribution in [2.75, 3.05) is 31.7 Å². The number of amides is 1. The number of nitrogens with one attached hydrogen (secondary N) is 2. The summed E-state index contributed by atoms with van der Waals surface area (Å²) in [5, 5.41) is 20.2. The van der Waals surface area contributed by atoms with E-state index in [4.69, 9.17) is 14.7 Å². The van der Waals surface area contributed by atoms with Gasteiger partial charge in [-0.3, -0.25) is 9.89 Å². The zero-order valence-corrected chi connectivity index (χ0v) is 20.9. The Morgan fingerprint density at radius 1 is 1.32 bits per heavy atom. The highest BCUT2D eigenvalue weighted by molar-refractivity contribution is 5.92. The van der Waals surface area contributed by atoms with E-state index in [2.05, 4.69) is 48.1 Å². The second-order valence-corrected chi connectivity index (χ2v) is 9.31. The van der Waals surface area contributed by atoms with Crippen LogP contribution in [0, 0.1) is 23.2 Å². The van der Waals surface area contributed by atoms with Crippen molar-refractivity contribution < 1.29 is 14.3 Å². The third kappa shape index (κ3) is 5.16. The molecule has 3 aromatic heterocycles. The van der Waals surface area contributed by atoms with Crippen molar-refractivity contribution >= 4 is 22.9 Å². The van der Waals surface area contributed by atoms with Gasteiger partial charge in [0.2, 0.25) is 11.8 Å². The SMILES string of the molecule is C=C(CC)NC(=O)c1nc(OC[C@H]2C[C@H]2C#N)nc(N2CCC(c3[nH]nc4nccc(OC)c34)CC2)n1. The molecular weight excluding hydrogens is 474 g/mol. The monoisotopic (exact) mass is 503 g/mol. The number of fused-ring (bicyclic) bond motifs is 1. The number of pyridine rings is 1. The molecule has 2 aliphatic rings. The summed E-state index contributed by atoms with van der Waals surface area (Å²) >= 11 is 0. The van der Waals surface area contributed by atoms with Crippen LogP contribution in [-0.2, 0) is 0 Å². The van der Waals surface area contributed by atoms with E-state index in [1.54, 1.807) is 13.3 Å². The number of carbonyl (C=O) groups excluding carboxylic acids is 1. The summed E-state index contributed by atoms with van der Waals surface area (Å²) in [5.41, 5.74) is 2.21. The van der Waals surface area contributed by atoms with E-state index in [1.807, 2.05) is 17.9 Å². The van der Waals surface area contributed by atoms with Gasteiger partial charge in [-0.25, -0.2) is 4.98 Å². The van der Waals surface area contributed by atoms with Gasteiger partial charge in [0.1, 0.15) is 5.75 Å². The lowest BCUT2D eigenvalue weighted by molar-refractivity contribution is 0.0952. The predicted octanol–water partition coefficient (Wildman–Crippen LogP) is 2.73. The van der Waals surface area contributed by atoms with Crippen LogP contribution in [0.5, 0.6) is 11.8 Å². The van der Waals surface area contributed by atoms with Crippen molar-refractivity contribution in [3.63, 3.8) is 0 Å². The number of piperidine rings is 1. The van der Waals surface area contributed by atoms with Gasteiger partial charge in [-0.15, -0.1) is 0 Å². The van der Waals surface area contributed by atoms with Crippen LogP contribution in [0.4, 0.5) is 5.95 Å². The Balaban J connectivity index is 1.34. The summed E-state index contributed by atoms with van der Waals surface area (Å²) in [5.74, 6) is 1.04. The Hall–Kier alpha value is -4.27. The molecule has 1 aliphatic carbocycles. The standard InChI is InChI=1S/C25H29N9O3/c1-4-14(2)28-23(35)22-29-24(31-25(30-22)37-13-17-11-16(17)12-26)34-9-6-15(7-10-34)20-19-18(36-3)5-8-27-21(19)33-32-20/h5,8,15-17H,2,4,6-7,9-11,13H2,1,3H3,(H,28,35)(H,27,32,33)/t16-,17+/m0/s1. The molecule has 5 rings (SSSR count). The second-order valence-electron chi connectivity index (χ2n) is 9.31. The van der Waals surface area contributed by atoms with Crippen molar-refractivity contribution in [2.24, 2.45) is 11.8 Å². The third-order valence-corrected chi connectivity index (χ3v) is 6.89. The van der Waals surface area contributed by atoms with Gasteiger partial charge in [-0.2, -0.15) is 25.3 Å². The van der Waals surface area contributed by atoms with Crippen LogP contribution < -0.4 is 19.7 Å². The fraction of sp³-hybridized carbons (Fsp3) is 0.480. The molecule has 12 heteroatoms. The minimum atomic E-state index is -0.458. The van der Waals surface area contributed by atoms with E-state index < -0.39 is 5.91 Å². The van der Waals surface area contributed by atoms with E-state index in [0.29, 0.717) is 43.4 Å². The molecular formula is C25H29N9O3. The molecule has 0 bridgehead atoms. The Kier molecular flexibility index (Phi) is 6.85. The average Bonchev–Trinajstić information content (AvgIpc) is 3.57. The number of allylic oxidation sites excluding steroid dienone is 1. The summed E-state index contributed by atoms with van der Waals surface area (Å²) in [6.45, 7) is 7.39. The minimum absolute atomic E-state index is 0.00312. The first-order chi connectivity index (χ1) is 18.0. The minimum Gasteiger partial charge on any atom is -0.496 e. The molecule has 12 nitrogen and oxygen atoms in total. The number of aromatic amines is 1. The van der Waals surface area contributed by atoms with Crippen LogP contribution >= 0.6 is 0 Å². The van der Waals surface area contributed by atoms with Crippen LogP contribution in [0.2, 0.25) is 0 Å². The lowest BCUT2D eigenvalue weighted by atomic mass is 9.92. The van der Waals surface area contributed by atoms with E-state index in [-0.39, 0.29) is 29.6 Å². The van der Waals surface area contributed by atoms with Crippen LogP contribution in [0.1, 0.15) is 54.8 Å². The van der Waals surface area contributed by atoms with Crippen LogP contribution in [0.25, 0.3) is 11.0 Å². The molecule has 2 N–H and O–H groups in total. The molecule has 0 unspecified atom stereocenters. The summed E-state index contributed by atoms with van der Waals surface area (Å²) in [6, 6.07) is 4.16. The van der Waals surface area contributed by atoms with Crippen molar-refractivity contribution in [3.05, 3.63) is 36.1 Å². The zero-order chi connectivity index (χ0) is 25.9. The highest BCUT2D eigenvalue weighted by atomic mass is 16.5. The molecule has 1 saturated carbocycles. The number of H-pyrrole nitrogens is 1. The summed E-state index contributed by atoms with van der Waals surface area (Å²) in [6.07, 6.45) is 4.71. The average molecular weight is 504 g/mol. The van der Waals surface area contributed by atoms with E-state index in [1.165, 1.54) is 0 Å². The molecule has 1 saturated heterocycles. The first-order valence-corrected chi connectivity index (χ1v) is 12.4. The molecule has 2 atom stereocenters. The van der Waals surface area contributed by atoms with Crippen molar-refractivity contribution in [3.8, 4) is 17.8 Å². The van der Waals surface area contributed by atoms with E-state index >= 15 is 0 Å². The number of carbonyl (C=O) groups is 1. The van der Waals surface area contributed by atoms with Crippen LogP contribution in [-0.4, -0.2) is 62.8 Å². The van der Waals surface area contributed by atoms with Gasteiger partial charge >= 0.3 is 6.01 Å². The summed E-state index contributed by atoms with van der Waals surface area (Å²) in [4.78, 5) is 32.3. The summed E-state index contributed by atoms with van der Waals surface area (Å²) < 4.78 is 11.3. The molecule has 37 heavy (non-hydrogen) atoms. The molecule has 4 heterocycles. The second kappa shape index (κ2) is 10.4. The lowest BCUT2D eigenvalue weighted by Gasteiger charge is -2.31. The Labute approximate surface area is 214 Å². The van der Waals surface area contributed by atoms with E-state index in [0.717, 1.165) is 36.1 Å². The lowest BCUT2D eigenvalue weighted by Crippen LogP contribution is -2.35. The number of anilines is 1. The predicted molar refractivity (Wildman–Crippen MR) is 134 cm³/mol. The maximum absolute atomic E-state index is 12.8. The van der Waals surface area contributed by atoms with Gasteiger partial charge in [-0.05, 0) is 31.7 Å². The number of nitriles is 1. The highest BCUT2D eigenvalue weighted by Gasteiger charge is 2.38. The molecule has 192 valence electrons. The molecule has 1 aliphatic heterocycles. The zero-order valence-electron chi connectivity index (χ0n) is 20.9. The molecule has 3 aromatic rings. The quantitative estimate of drug-likeness (QED) is 0.445. The smallest absolute Gasteiger partial charge is 0.321 e. The van der Waals surface area contributed by atoms with Crippen molar-refractivity contribution in [2.45, 2.75) is 38.5 Å². The molecule has 0 spiro atoms. The van der Waals surface area contributed by atoms with E-state index in [9.17, 15) is 4.79 Å². The van der Waals surface area contributed by atoms with Gasteiger partial charge < -0.3 is 19.7 Å². The largest absolute Gasteiger partial charge is 0.496 e. The normalized spacial score (nSPS) is 19.3. The third-order valence-electron chi connectivity index (χ3n) is 6.89. The number of hydrogen-bond donors (Lipinski definition) is 2. The topological polar surface area (TPSA) is 155 Å². The Morgan fingerprint density at radius 2 is 2.14 bits per heavy atom. The summed E-state index contributed by atoms with van der Waals surface area (Å²) in [7, 11) is 1.64. The number of ether oxygens (including phenoxy) is 2. The number of methoxy groups -OCH3 is 1. The van der Waals surface area contributed by atoms with Crippen molar-refractivity contribution in [1.82, 2.24) is 35.5 Å². The Morgan fingerprint density at radius 3 is 2.84 bits per heavy atom. The molecule has 0 aromatic carbocycles. The molecule has 2 fully saturated rings. The number of rotatable bonds is 9. The van der Waals surface area contributed by atoms with Crippen LogP contribution in [0.3, 0.4) is 0 Å². The maximum Gasteiger partial charge on any atom is 0.321 e. The van der Waals surface area contributed by atoms with Crippen LogP contribution in [0.15, 0.2) is 24.5 Å². The highest BCUT2D eigenvalue weighted by Crippen LogP contribution is 2.38. The van der Waals surface area contributed by atoms with Gasteiger partial charge in [0.05, 0.1) is 36.8 Å². The number of hydrogen-bond acceptors (Lipinski definition) is 10. The van der Waals surface area contributed by atoms with Gasteiger partial charge in [0, 0.05) is 36.8 Å². The first-order valence-electron chi connectivity index (χ1n) is 12.4. The fourth-order valence-corrected chi connectivity index (χ4v) is 4.50. The Bertz CT molecular complexity index is 1360. The number of aromatic nitrogens is 6. The molecule has 1 amide bonds. The number of nitrogens with zero attached hydrogens (tertiary/aromatic N) is 7.